The van der Waals surface area contributed by atoms with E-state index in [1.54, 1.807) is 0 Å². The highest BCUT2D eigenvalue weighted by Gasteiger charge is 2.22. The van der Waals surface area contributed by atoms with Crippen LogP contribution in [0.4, 0.5) is 0 Å². The molecule has 0 saturated carbocycles. The number of nitrogens with zero attached hydrogens (tertiary/aromatic N) is 4. The summed E-state index contributed by atoms with van der Waals surface area (Å²) in [5.74, 6) is 1.87. The van der Waals surface area contributed by atoms with E-state index in [2.05, 4.69) is 187 Å². The quantitative estimate of drug-likeness (QED) is 0.174. The lowest BCUT2D eigenvalue weighted by molar-refractivity contribution is 0.669. The number of hydrogen-bond donors (Lipinski definition) is 0. The van der Waals surface area contributed by atoms with E-state index in [-0.39, 0.29) is 0 Å². The van der Waals surface area contributed by atoms with Crippen LogP contribution in [0.2, 0.25) is 0 Å². The Labute approximate surface area is 355 Å². The fourth-order valence-corrected chi connectivity index (χ4v) is 9.52. The number of furan rings is 1. The van der Waals surface area contributed by atoms with Gasteiger partial charge in [0.1, 0.15) is 11.2 Å². The fourth-order valence-electron chi connectivity index (χ4n) is 9.52. The predicted octanol–water partition coefficient (Wildman–Crippen LogP) is 15.0. The van der Waals surface area contributed by atoms with Gasteiger partial charge >= 0.3 is 0 Å². The van der Waals surface area contributed by atoms with Crippen molar-refractivity contribution in [3.8, 4) is 51.0 Å². The summed E-state index contributed by atoms with van der Waals surface area (Å²) < 4.78 is 8.87. The van der Waals surface area contributed by atoms with E-state index in [9.17, 15) is 0 Å². The normalized spacial score (nSPS) is 11.9. The average Bonchev–Trinajstić information content (AvgIpc) is 3.88. The third kappa shape index (κ3) is 5.38. The maximum absolute atomic E-state index is 6.42. The second-order valence-electron chi connectivity index (χ2n) is 16.0. The number of benzene rings is 10. The van der Waals surface area contributed by atoms with Crippen LogP contribution < -0.4 is 0 Å². The Hall–Kier alpha value is -8.41. The highest BCUT2D eigenvalue weighted by Crippen LogP contribution is 2.45. The lowest BCUT2D eigenvalue weighted by atomic mass is 9.95. The van der Waals surface area contributed by atoms with Crippen LogP contribution in [0.25, 0.3) is 127 Å². The van der Waals surface area contributed by atoms with Crippen molar-refractivity contribution in [1.29, 1.82) is 0 Å². The minimum Gasteiger partial charge on any atom is -0.456 e. The predicted molar refractivity (Wildman–Crippen MR) is 256 cm³/mol. The molecular weight excluding hydrogens is 757 g/mol. The molecule has 5 nitrogen and oxygen atoms in total. The summed E-state index contributed by atoms with van der Waals surface area (Å²) in [5.41, 5.74) is 10.1. The van der Waals surface area contributed by atoms with Gasteiger partial charge in [-0.25, -0.2) is 15.0 Å². The number of para-hydroxylation sites is 1. The summed E-state index contributed by atoms with van der Waals surface area (Å²) >= 11 is 0. The molecule has 0 N–H and O–H groups in total. The first kappa shape index (κ1) is 34.5. The van der Waals surface area contributed by atoms with E-state index in [0.29, 0.717) is 17.5 Å². The van der Waals surface area contributed by atoms with Gasteiger partial charge in [0.2, 0.25) is 0 Å². The zero-order valence-corrected chi connectivity index (χ0v) is 33.3. The van der Waals surface area contributed by atoms with Gasteiger partial charge in [-0.15, -0.1) is 0 Å². The summed E-state index contributed by atoms with van der Waals surface area (Å²) in [6.07, 6.45) is 0. The van der Waals surface area contributed by atoms with Gasteiger partial charge in [0.05, 0.1) is 16.7 Å². The van der Waals surface area contributed by atoms with Crippen LogP contribution >= 0.6 is 0 Å². The van der Waals surface area contributed by atoms with Gasteiger partial charge < -0.3 is 8.98 Å². The van der Waals surface area contributed by atoms with Gasteiger partial charge in [0.15, 0.2) is 17.5 Å². The lowest BCUT2D eigenvalue weighted by Crippen LogP contribution is -2.02. The van der Waals surface area contributed by atoms with Crippen molar-refractivity contribution in [2.24, 2.45) is 0 Å². The van der Waals surface area contributed by atoms with Crippen molar-refractivity contribution in [1.82, 2.24) is 19.5 Å². The second-order valence-corrected chi connectivity index (χ2v) is 16.0. The van der Waals surface area contributed by atoms with Crippen LogP contribution in [-0.4, -0.2) is 19.5 Å². The standard InChI is InChI=1S/C57H34N4O/c1-2-15-36(16-3-1)55-58-56(41-29-28-35-14-4-5-17-37(35)30-41)60-57(59-55)42-31-40-20-8-9-21-43(40)49(34-42)61-48-25-12-23-44(53(48)47-32-38-18-6-7-19-39(38)33-50(47)61)45-24-13-27-52-54(45)46-22-10-11-26-51(46)62-52/h1-34H. The molecule has 13 aromatic rings. The molecule has 0 aliphatic rings. The first-order valence-electron chi connectivity index (χ1n) is 20.9. The molecule has 288 valence electrons. The molecule has 0 aliphatic heterocycles. The van der Waals surface area contributed by atoms with Crippen LogP contribution in [0.5, 0.6) is 0 Å². The molecular formula is C57H34N4O. The van der Waals surface area contributed by atoms with Crippen molar-refractivity contribution in [3.63, 3.8) is 0 Å². The monoisotopic (exact) mass is 790 g/mol. The SMILES string of the molecule is c1ccc(-c2nc(-c3ccc4ccccc4c3)nc(-c3cc(-n4c5cc6ccccc6cc5c5c(-c6cccc7oc8ccccc8c67)cccc54)c4ccccc4c3)n2)cc1. The van der Waals surface area contributed by atoms with E-state index in [0.717, 1.165) is 82.6 Å². The lowest BCUT2D eigenvalue weighted by Gasteiger charge is -2.15. The van der Waals surface area contributed by atoms with Crippen LogP contribution in [0.3, 0.4) is 0 Å². The van der Waals surface area contributed by atoms with Crippen molar-refractivity contribution in [2.45, 2.75) is 0 Å². The summed E-state index contributed by atoms with van der Waals surface area (Å²) in [6, 6.07) is 72.9. The molecule has 5 heteroatoms. The number of rotatable bonds is 5. The first-order chi connectivity index (χ1) is 30.7. The maximum Gasteiger partial charge on any atom is 0.164 e. The molecule has 0 fully saturated rings. The molecule has 0 aliphatic carbocycles. The molecule has 0 radical (unpaired) electrons. The minimum absolute atomic E-state index is 0.611. The molecule has 3 heterocycles. The highest BCUT2D eigenvalue weighted by atomic mass is 16.3. The Bertz CT molecular complexity index is 3940. The Balaban J connectivity index is 1.11. The average molecular weight is 791 g/mol. The largest absolute Gasteiger partial charge is 0.456 e. The highest BCUT2D eigenvalue weighted by molar-refractivity contribution is 6.23. The van der Waals surface area contributed by atoms with E-state index in [1.165, 1.54) is 26.9 Å². The Morgan fingerprint density at radius 1 is 0.323 bits per heavy atom. The van der Waals surface area contributed by atoms with Crippen molar-refractivity contribution < 1.29 is 4.42 Å². The zero-order chi connectivity index (χ0) is 40.7. The molecule has 62 heavy (non-hydrogen) atoms. The molecule has 0 amide bonds. The van der Waals surface area contributed by atoms with E-state index >= 15 is 0 Å². The molecule has 0 unspecified atom stereocenters. The van der Waals surface area contributed by atoms with Gasteiger partial charge in [0.25, 0.3) is 0 Å². The summed E-state index contributed by atoms with van der Waals surface area (Å²) in [4.78, 5) is 15.6. The number of hydrogen-bond acceptors (Lipinski definition) is 4. The fraction of sp³-hybridized carbons (Fsp3) is 0. The number of fused-ring (bicyclic) bond motifs is 9. The van der Waals surface area contributed by atoms with Crippen molar-refractivity contribution >= 4 is 76.1 Å². The Morgan fingerprint density at radius 2 is 0.903 bits per heavy atom. The van der Waals surface area contributed by atoms with Gasteiger partial charge in [-0.05, 0) is 86.6 Å². The van der Waals surface area contributed by atoms with Gasteiger partial charge in [0, 0.05) is 43.6 Å². The number of aromatic nitrogens is 4. The van der Waals surface area contributed by atoms with E-state index in [1.807, 2.05) is 24.3 Å². The van der Waals surface area contributed by atoms with E-state index < -0.39 is 0 Å². The molecule has 13 rings (SSSR count). The molecule has 0 atom stereocenters. The van der Waals surface area contributed by atoms with Crippen LogP contribution in [-0.2, 0) is 0 Å². The summed E-state index contributed by atoms with van der Waals surface area (Å²) in [6.45, 7) is 0. The first-order valence-corrected chi connectivity index (χ1v) is 20.9. The van der Waals surface area contributed by atoms with Crippen molar-refractivity contribution in [2.75, 3.05) is 0 Å². The molecule has 0 saturated heterocycles. The smallest absolute Gasteiger partial charge is 0.164 e. The minimum atomic E-state index is 0.611. The molecule has 0 bridgehead atoms. The maximum atomic E-state index is 6.42. The summed E-state index contributed by atoms with van der Waals surface area (Å²) in [5, 5.41) is 11.5. The molecule has 0 spiro atoms. The van der Waals surface area contributed by atoms with Crippen LogP contribution in [0.1, 0.15) is 0 Å². The van der Waals surface area contributed by atoms with Crippen LogP contribution in [0, 0.1) is 0 Å². The van der Waals surface area contributed by atoms with Gasteiger partial charge in [-0.3, -0.25) is 0 Å². The van der Waals surface area contributed by atoms with Gasteiger partial charge in [-0.2, -0.15) is 0 Å². The zero-order valence-electron chi connectivity index (χ0n) is 33.3. The topological polar surface area (TPSA) is 56.7 Å². The summed E-state index contributed by atoms with van der Waals surface area (Å²) in [7, 11) is 0. The molecule has 10 aromatic carbocycles. The molecule has 3 aromatic heterocycles. The third-order valence-electron chi connectivity index (χ3n) is 12.4. The van der Waals surface area contributed by atoms with Gasteiger partial charge in [-0.1, -0.05) is 158 Å². The van der Waals surface area contributed by atoms with Crippen LogP contribution in [0.15, 0.2) is 211 Å². The Morgan fingerprint density at radius 3 is 1.71 bits per heavy atom. The van der Waals surface area contributed by atoms with E-state index in [4.69, 9.17) is 19.4 Å². The second kappa shape index (κ2) is 13.6. The van der Waals surface area contributed by atoms with Crippen molar-refractivity contribution in [3.05, 3.63) is 206 Å². The Kier molecular flexibility index (Phi) is 7.54. The third-order valence-corrected chi connectivity index (χ3v) is 12.4.